The number of rotatable bonds is 5. The number of hydrogen-bond donors (Lipinski definition) is 0. The summed E-state index contributed by atoms with van der Waals surface area (Å²) in [6, 6.07) is 0. The van der Waals surface area contributed by atoms with E-state index in [4.69, 9.17) is 0 Å². The van der Waals surface area contributed by atoms with E-state index in [2.05, 4.69) is 13.8 Å². The van der Waals surface area contributed by atoms with Gasteiger partial charge in [-0.05, 0) is 26.7 Å². The van der Waals surface area contributed by atoms with Crippen molar-refractivity contribution in [3.63, 3.8) is 0 Å². The second-order valence-electron chi connectivity index (χ2n) is 3.35. The van der Waals surface area contributed by atoms with Crippen LogP contribution in [0.2, 0.25) is 0 Å². The third-order valence-corrected chi connectivity index (χ3v) is 1.65. The van der Waals surface area contributed by atoms with Crippen LogP contribution in [-0.4, -0.2) is 12.1 Å². The summed E-state index contributed by atoms with van der Waals surface area (Å²) in [6.45, 7) is 7.27. The van der Waals surface area contributed by atoms with Crippen molar-refractivity contribution in [3.05, 3.63) is 0 Å². The molecule has 0 radical (unpaired) electrons. The summed E-state index contributed by atoms with van der Waals surface area (Å²) < 4.78 is 0. The Hall–Kier alpha value is -0.660. The lowest BCUT2D eigenvalue weighted by atomic mass is 10.0. The van der Waals surface area contributed by atoms with Crippen molar-refractivity contribution in [1.82, 2.24) is 0 Å². The number of Topliss-reactive ketones (excluding diaryl/α,β-unsaturated/α-hetero) is 1. The molecule has 0 N–H and O–H groups in total. The zero-order valence-corrected chi connectivity index (χ0v) is 9.30. The van der Waals surface area contributed by atoms with Gasteiger partial charge in [0.15, 0.2) is 0 Å². The Morgan fingerprint density at radius 3 is 2.00 bits per heavy atom. The Balaban J connectivity index is 0. The zero-order valence-electron chi connectivity index (χ0n) is 9.30. The van der Waals surface area contributed by atoms with Crippen molar-refractivity contribution < 1.29 is 9.59 Å². The maximum Gasteiger partial charge on any atom is 0.126 e. The summed E-state index contributed by atoms with van der Waals surface area (Å²) in [6.07, 6.45) is 5.55. The predicted molar refractivity (Wildman–Crippen MR) is 55.7 cm³/mol. The summed E-state index contributed by atoms with van der Waals surface area (Å²) in [4.78, 5) is 19.7. The van der Waals surface area contributed by atoms with Crippen LogP contribution >= 0.6 is 0 Å². The first-order valence-corrected chi connectivity index (χ1v) is 5.00. The van der Waals surface area contributed by atoms with Crippen LogP contribution < -0.4 is 0 Å². The summed E-state index contributed by atoms with van der Waals surface area (Å²) in [5.74, 6) is 0.491. The first kappa shape index (κ1) is 14.8. The van der Waals surface area contributed by atoms with Crippen molar-refractivity contribution in [2.24, 2.45) is 5.92 Å². The number of aldehydes is 1. The molecule has 0 rings (SSSR count). The van der Waals surface area contributed by atoms with E-state index in [0.717, 1.165) is 19.1 Å². The summed E-state index contributed by atoms with van der Waals surface area (Å²) in [7, 11) is 0. The molecule has 0 aromatic carbocycles. The van der Waals surface area contributed by atoms with Crippen LogP contribution in [0.1, 0.15) is 53.4 Å². The number of carbonyl (C=O) groups excluding carboxylic acids is 2. The average molecular weight is 186 g/mol. The third-order valence-electron chi connectivity index (χ3n) is 1.65. The van der Waals surface area contributed by atoms with E-state index in [1.54, 1.807) is 0 Å². The van der Waals surface area contributed by atoms with Gasteiger partial charge in [0.1, 0.15) is 12.1 Å². The van der Waals surface area contributed by atoms with Gasteiger partial charge < -0.3 is 9.59 Å². The Labute approximate surface area is 81.7 Å². The number of carbonyl (C=O) groups is 2. The second-order valence-corrected chi connectivity index (χ2v) is 3.35. The standard InChI is InChI=1S/C8H16O.C3H6O/c1-3-5-6-8(4-2)7-9;1-3(2)4/h7-8H,3-6H2,1-2H3;1-2H3. The Kier molecular flexibility index (Phi) is 12.9. The predicted octanol–water partition coefficient (Wildman–Crippen LogP) is 3.00. The van der Waals surface area contributed by atoms with Crippen LogP contribution in [0.5, 0.6) is 0 Å². The van der Waals surface area contributed by atoms with Crippen LogP contribution in [-0.2, 0) is 9.59 Å². The van der Waals surface area contributed by atoms with Gasteiger partial charge in [0.05, 0.1) is 0 Å². The molecule has 78 valence electrons. The van der Waals surface area contributed by atoms with Gasteiger partial charge in [-0.25, -0.2) is 0 Å². The fourth-order valence-electron chi connectivity index (χ4n) is 0.835. The topological polar surface area (TPSA) is 34.1 Å². The molecule has 0 saturated carbocycles. The molecule has 1 unspecified atom stereocenters. The van der Waals surface area contributed by atoms with Gasteiger partial charge in [-0.1, -0.05) is 26.7 Å². The third kappa shape index (κ3) is 18.4. The van der Waals surface area contributed by atoms with Crippen molar-refractivity contribution in [1.29, 1.82) is 0 Å². The molecule has 1 atom stereocenters. The molecule has 0 aliphatic carbocycles. The highest BCUT2D eigenvalue weighted by molar-refractivity contribution is 5.72. The second kappa shape index (κ2) is 11.3. The molecule has 0 saturated heterocycles. The van der Waals surface area contributed by atoms with Crippen LogP contribution in [0, 0.1) is 5.92 Å². The molecule has 0 spiro atoms. The van der Waals surface area contributed by atoms with Gasteiger partial charge in [-0.3, -0.25) is 0 Å². The lowest BCUT2D eigenvalue weighted by molar-refractivity contribution is -0.115. The van der Waals surface area contributed by atoms with E-state index >= 15 is 0 Å². The summed E-state index contributed by atoms with van der Waals surface area (Å²) in [5.41, 5.74) is 0. The molecule has 0 bridgehead atoms. The van der Waals surface area contributed by atoms with Crippen molar-refractivity contribution in [2.75, 3.05) is 0 Å². The van der Waals surface area contributed by atoms with Gasteiger partial charge in [0.2, 0.25) is 0 Å². The lowest BCUT2D eigenvalue weighted by Crippen LogP contribution is -1.98. The Bertz CT molecular complexity index is 126. The first-order chi connectivity index (χ1) is 6.08. The fourth-order valence-corrected chi connectivity index (χ4v) is 0.835. The van der Waals surface area contributed by atoms with Crippen LogP contribution in [0.15, 0.2) is 0 Å². The smallest absolute Gasteiger partial charge is 0.126 e. The van der Waals surface area contributed by atoms with Gasteiger partial charge in [0, 0.05) is 5.92 Å². The molecule has 2 heteroatoms. The Morgan fingerprint density at radius 1 is 1.31 bits per heavy atom. The highest BCUT2D eigenvalue weighted by atomic mass is 16.1. The maximum atomic E-state index is 10.2. The largest absolute Gasteiger partial charge is 0.303 e. The van der Waals surface area contributed by atoms with Crippen LogP contribution in [0.3, 0.4) is 0 Å². The zero-order chi connectivity index (χ0) is 10.7. The fraction of sp³-hybridized carbons (Fsp3) is 0.818. The quantitative estimate of drug-likeness (QED) is 0.618. The summed E-state index contributed by atoms with van der Waals surface area (Å²) in [5, 5.41) is 0. The minimum absolute atomic E-state index is 0.167. The molecule has 0 amide bonds. The highest BCUT2D eigenvalue weighted by Crippen LogP contribution is 2.08. The SMILES string of the molecule is CC(C)=O.CCCCC(C=O)CC. The van der Waals surface area contributed by atoms with E-state index < -0.39 is 0 Å². The van der Waals surface area contributed by atoms with Crippen molar-refractivity contribution in [3.8, 4) is 0 Å². The van der Waals surface area contributed by atoms with Gasteiger partial charge >= 0.3 is 0 Å². The van der Waals surface area contributed by atoms with Crippen molar-refractivity contribution in [2.45, 2.75) is 53.4 Å². The van der Waals surface area contributed by atoms with Gasteiger partial charge in [-0.2, -0.15) is 0 Å². The molecular formula is C11H22O2. The van der Waals surface area contributed by atoms with Crippen LogP contribution in [0.4, 0.5) is 0 Å². The number of unbranched alkanes of at least 4 members (excludes halogenated alkanes) is 1. The molecule has 0 aliphatic rings. The van der Waals surface area contributed by atoms with Gasteiger partial charge in [-0.15, -0.1) is 0 Å². The van der Waals surface area contributed by atoms with E-state index in [9.17, 15) is 9.59 Å². The van der Waals surface area contributed by atoms with Crippen LogP contribution in [0.25, 0.3) is 0 Å². The molecule has 0 aliphatic heterocycles. The minimum atomic E-state index is 0.167. The highest BCUT2D eigenvalue weighted by Gasteiger charge is 2.01. The molecule has 0 fully saturated rings. The first-order valence-electron chi connectivity index (χ1n) is 5.00. The van der Waals surface area contributed by atoms with E-state index in [0.29, 0.717) is 5.92 Å². The van der Waals surface area contributed by atoms with E-state index in [1.807, 2.05) is 0 Å². The molecular weight excluding hydrogens is 164 g/mol. The molecule has 0 aromatic rings. The number of ketones is 1. The molecule has 0 heterocycles. The monoisotopic (exact) mass is 186 g/mol. The van der Waals surface area contributed by atoms with Gasteiger partial charge in [0.25, 0.3) is 0 Å². The minimum Gasteiger partial charge on any atom is -0.303 e. The molecule has 13 heavy (non-hydrogen) atoms. The maximum absolute atomic E-state index is 10.2. The normalized spacial score (nSPS) is 11.1. The molecule has 2 nitrogen and oxygen atoms in total. The number of hydrogen-bond acceptors (Lipinski definition) is 2. The summed E-state index contributed by atoms with van der Waals surface area (Å²) >= 11 is 0. The van der Waals surface area contributed by atoms with E-state index in [1.165, 1.54) is 26.7 Å². The molecule has 0 aromatic heterocycles. The Morgan fingerprint density at radius 2 is 1.77 bits per heavy atom. The van der Waals surface area contributed by atoms with E-state index in [-0.39, 0.29) is 5.78 Å². The van der Waals surface area contributed by atoms with Crippen molar-refractivity contribution >= 4 is 12.1 Å². The lowest BCUT2D eigenvalue weighted by Gasteiger charge is -2.03. The average Bonchev–Trinajstić information content (AvgIpc) is 2.06.